The van der Waals surface area contributed by atoms with Gasteiger partial charge in [0.1, 0.15) is 12.3 Å². The van der Waals surface area contributed by atoms with Crippen LogP contribution in [0.1, 0.15) is 64.8 Å². The normalized spacial score (nSPS) is 10.7. The Bertz CT molecular complexity index is 1890. The van der Waals surface area contributed by atoms with E-state index in [4.69, 9.17) is 0 Å². The van der Waals surface area contributed by atoms with E-state index < -0.39 is 0 Å². The summed E-state index contributed by atoms with van der Waals surface area (Å²) < 4.78 is 0. The zero-order chi connectivity index (χ0) is 37.0. The molecule has 0 saturated carbocycles. The highest BCUT2D eigenvalue weighted by molar-refractivity contribution is 6.11. The molecule has 0 heterocycles. The van der Waals surface area contributed by atoms with Crippen molar-refractivity contribution in [3.8, 4) is 5.75 Å². The van der Waals surface area contributed by atoms with Gasteiger partial charge in [-0.3, -0.25) is 19.2 Å². The minimum atomic E-state index is -0.255. The number of aromatic hydroxyl groups is 1. The fourth-order valence-electron chi connectivity index (χ4n) is 4.75. The second-order valence-electron chi connectivity index (χ2n) is 12.1. The molecule has 0 spiro atoms. The van der Waals surface area contributed by atoms with Crippen molar-refractivity contribution in [2.24, 2.45) is 0 Å². The summed E-state index contributed by atoms with van der Waals surface area (Å²) in [5.41, 5.74) is 7.94. The van der Waals surface area contributed by atoms with Gasteiger partial charge in [-0.1, -0.05) is 116 Å². The van der Waals surface area contributed by atoms with E-state index in [1.54, 1.807) is 49.4 Å². The van der Waals surface area contributed by atoms with Crippen LogP contribution in [-0.4, -0.2) is 42.3 Å². The number of phenols is 1. The molecule has 0 fully saturated rings. The molecule has 9 heteroatoms. The Balaban J connectivity index is 0.000000986. The zero-order valence-electron chi connectivity index (χ0n) is 30.5. The monoisotopic (exact) mass is 769 g/mol. The molecule has 0 radical (unpaired) electrons. The van der Waals surface area contributed by atoms with E-state index in [0.717, 1.165) is 40.9 Å². The van der Waals surface area contributed by atoms with Gasteiger partial charge in [-0.15, -0.1) is 0 Å². The number of carbonyl (C=O) groups excluding carboxylic acids is 4. The van der Waals surface area contributed by atoms with E-state index in [0.29, 0.717) is 0 Å². The highest BCUT2D eigenvalue weighted by Crippen LogP contribution is 2.18. The topological polar surface area (TPSA) is 117 Å². The Hall–Kier alpha value is -5.18. The third-order valence-electron chi connectivity index (χ3n) is 7.62. The molecule has 0 aliphatic rings. The molecule has 0 bridgehead atoms. The number of phenolic OH excluding ortho intramolecular Hbond substituents is 1. The van der Waals surface area contributed by atoms with Gasteiger partial charge in [0.05, 0.1) is 19.9 Å². The third-order valence-corrected chi connectivity index (χ3v) is 7.62. The SMILES string of the molecule is C.CNCc1ccc(/C=C/C(=O)CC(=O)/C=C/c2ccc(O)c(C)c2)cc1.C[NH2+]Cc1ccc(/C=C/C(=O)CC(=O)/C=C/c2ccc(C)cc2)cc1.[Cl-].[Cl-]. The number of ketones is 4. The molecule has 0 unspecified atom stereocenters. The number of hydrogen-bond donors (Lipinski definition) is 3. The number of aryl methyl sites for hydroxylation is 2. The maximum Gasteiger partial charge on any atom is 0.163 e. The maximum absolute atomic E-state index is 11.9. The lowest BCUT2D eigenvalue weighted by Crippen LogP contribution is -3.00. The van der Waals surface area contributed by atoms with Crippen molar-refractivity contribution in [1.29, 1.82) is 0 Å². The van der Waals surface area contributed by atoms with Crippen LogP contribution in [0.25, 0.3) is 24.3 Å². The zero-order valence-corrected chi connectivity index (χ0v) is 32.0. The number of nitrogens with two attached hydrogens (primary N) is 1. The van der Waals surface area contributed by atoms with Crippen LogP contribution in [-0.2, 0) is 32.3 Å². The second-order valence-corrected chi connectivity index (χ2v) is 12.1. The Labute approximate surface area is 332 Å². The molecule has 7 nitrogen and oxygen atoms in total. The van der Waals surface area contributed by atoms with Gasteiger partial charge in [0.2, 0.25) is 0 Å². The molecule has 54 heavy (non-hydrogen) atoms. The number of rotatable bonds is 16. The first-order valence-corrected chi connectivity index (χ1v) is 16.8. The summed E-state index contributed by atoms with van der Waals surface area (Å²) in [6, 6.07) is 28.8. The summed E-state index contributed by atoms with van der Waals surface area (Å²) >= 11 is 0. The van der Waals surface area contributed by atoms with E-state index in [-0.39, 0.29) is 74.0 Å². The highest BCUT2D eigenvalue weighted by atomic mass is 35.5. The fraction of sp³-hybridized carbons (Fsp3) is 0.200. The smallest absolute Gasteiger partial charge is 0.163 e. The molecule has 4 rings (SSSR count). The first-order valence-electron chi connectivity index (χ1n) is 16.8. The molecule has 286 valence electrons. The number of halogens is 2. The Morgan fingerprint density at radius 3 is 1.35 bits per heavy atom. The minimum Gasteiger partial charge on any atom is -1.00 e. The van der Waals surface area contributed by atoms with Crippen molar-refractivity contribution in [1.82, 2.24) is 5.32 Å². The summed E-state index contributed by atoms with van der Waals surface area (Å²) in [5, 5.41) is 14.7. The van der Waals surface area contributed by atoms with Crippen LogP contribution in [0.5, 0.6) is 5.75 Å². The first-order chi connectivity index (χ1) is 24.5. The Kier molecular flexibility index (Phi) is 24.0. The molecule has 0 amide bonds. The average Bonchev–Trinajstić information content (AvgIpc) is 3.12. The van der Waals surface area contributed by atoms with Gasteiger partial charge in [0.15, 0.2) is 23.1 Å². The molecule has 0 atom stereocenters. The summed E-state index contributed by atoms with van der Waals surface area (Å²) in [7, 11) is 3.91. The third kappa shape index (κ3) is 19.1. The quantitative estimate of drug-likeness (QED) is 0.117. The molecule has 0 aromatic heterocycles. The van der Waals surface area contributed by atoms with Gasteiger partial charge in [-0.2, -0.15) is 0 Å². The first kappa shape index (κ1) is 48.8. The maximum atomic E-state index is 11.9. The number of allylic oxidation sites excluding steroid dienone is 4. The van der Waals surface area contributed by atoms with Crippen molar-refractivity contribution in [3.05, 3.63) is 160 Å². The van der Waals surface area contributed by atoms with Gasteiger partial charge in [0, 0.05) is 12.1 Å². The van der Waals surface area contributed by atoms with E-state index >= 15 is 0 Å². The second kappa shape index (κ2) is 26.6. The summed E-state index contributed by atoms with van der Waals surface area (Å²) in [6.07, 6.45) is 12.3. The molecular weight excluding hydrogens is 719 g/mol. The van der Waals surface area contributed by atoms with Gasteiger partial charge >= 0.3 is 0 Å². The molecular formula is C45H51Cl2N2O5-. The van der Waals surface area contributed by atoms with Crippen LogP contribution in [0.15, 0.2) is 115 Å². The van der Waals surface area contributed by atoms with Crippen molar-refractivity contribution in [2.45, 2.75) is 47.2 Å². The molecule has 0 aliphatic heterocycles. The number of quaternary nitrogens is 1. The largest absolute Gasteiger partial charge is 1.00 e. The molecule has 0 aliphatic carbocycles. The predicted molar refractivity (Wildman–Crippen MR) is 213 cm³/mol. The number of carbonyl (C=O) groups is 4. The van der Waals surface area contributed by atoms with Crippen molar-refractivity contribution in [3.63, 3.8) is 0 Å². The molecule has 4 aromatic rings. The van der Waals surface area contributed by atoms with E-state index in [9.17, 15) is 24.3 Å². The van der Waals surface area contributed by atoms with Crippen LogP contribution in [0.4, 0.5) is 0 Å². The van der Waals surface area contributed by atoms with Crippen LogP contribution in [0.3, 0.4) is 0 Å². The van der Waals surface area contributed by atoms with Crippen LogP contribution in [0, 0.1) is 13.8 Å². The summed E-state index contributed by atoms with van der Waals surface area (Å²) in [5.74, 6) is -0.656. The minimum absolute atomic E-state index is 0. The fourth-order valence-corrected chi connectivity index (χ4v) is 4.75. The van der Waals surface area contributed by atoms with Crippen LogP contribution >= 0.6 is 0 Å². The lowest BCUT2D eigenvalue weighted by atomic mass is 10.1. The van der Waals surface area contributed by atoms with Crippen molar-refractivity contribution >= 4 is 47.4 Å². The standard InChI is InChI=1S/C22H23NO3.C22H23NO2.CH4.2ClH/c1-16-13-18(9-12-22(16)26)8-11-21(25)14-20(24)10-7-17-3-5-19(6-4-17)15-23-2;1-17-3-5-18(6-4-17)11-13-21(24)15-22(25)14-12-19-7-9-20(10-8-19)16-23-2;;;/h3-13,23,26H,14-15H2,1-2H3;3-14,23H,15-16H2,1-2H3;1H4;2*1H/p-1/b10-7+,11-8+;13-11+,14-12+;;;. The van der Waals surface area contributed by atoms with E-state index in [1.807, 2.05) is 93.8 Å². The van der Waals surface area contributed by atoms with Crippen molar-refractivity contribution in [2.75, 3.05) is 14.1 Å². The van der Waals surface area contributed by atoms with Gasteiger partial charge in [-0.05, 0) is 90.7 Å². The molecule has 4 aromatic carbocycles. The Morgan fingerprint density at radius 1 is 0.593 bits per heavy atom. The Morgan fingerprint density at radius 2 is 0.963 bits per heavy atom. The van der Waals surface area contributed by atoms with E-state index in [1.165, 1.54) is 41.0 Å². The van der Waals surface area contributed by atoms with Crippen LogP contribution in [0.2, 0.25) is 0 Å². The summed E-state index contributed by atoms with van der Waals surface area (Å²) in [4.78, 5) is 47.6. The lowest BCUT2D eigenvalue weighted by molar-refractivity contribution is -0.643. The number of benzene rings is 4. The lowest BCUT2D eigenvalue weighted by Gasteiger charge is -2.00. The number of hydrogen-bond acceptors (Lipinski definition) is 6. The van der Waals surface area contributed by atoms with Crippen LogP contribution < -0.4 is 35.4 Å². The van der Waals surface area contributed by atoms with Crippen molar-refractivity contribution < 1.29 is 54.4 Å². The van der Waals surface area contributed by atoms with Gasteiger partial charge in [-0.25, -0.2) is 0 Å². The predicted octanol–water partition coefficient (Wildman–Crippen LogP) is 1.26. The number of nitrogens with one attached hydrogen (secondary N) is 1. The average molecular weight is 771 g/mol. The summed E-state index contributed by atoms with van der Waals surface area (Å²) in [6.45, 7) is 5.53. The van der Waals surface area contributed by atoms with Gasteiger partial charge < -0.3 is 40.6 Å². The highest BCUT2D eigenvalue weighted by Gasteiger charge is 2.05. The molecule has 0 saturated heterocycles. The van der Waals surface area contributed by atoms with Gasteiger partial charge in [0.25, 0.3) is 0 Å². The van der Waals surface area contributed by atoms with E-state index in [2.05, 4.69) is 10.6 Å². The molecule has 4 N–H and O–H groups in total.